The third-order valence-electron chi connectivity index (χ3n) is 5.15. The monoisotopic (exact) mass is 400 g/mol. The number of Topliss-reactive ketones (excluding diaryl/α,β-unsaturated/α-hetero) is 1. The van der Waals surface area contributed by atoms with E-state index in [-0.39, 0.29) is 23.5 Å². The number of ether oxygens (including phenoxy) is 1. The van der Waals surface area contributed by atoms with Crippen LogP contribution in [-0.2, 0) is 0 Å². The lowest BCUT2D eigenvalue weighted by Gasteiger charge is -2.19. The molecular formula is C25H20O5. The number of para-hydroxylation sites is 1. The molecule has 0 amide bonds. The van der Waals surface area contributed by atoms with Crippen LogP contribution in [0.4, 0.5) is 0 Å². The summed E-state index contributed by atoms with van der Waals surface area (Å²) < 4.78 is 10.8. The van der Waals surface area contributed by atoms with Crippen LogP contribution in [0.25, 0.3) is 11.0 Å². The van der Waals surface area contributed by atoms with Crippen LogP contribution in [0.1, 0.15) is 33.8 Å². The number of carbonyl (C=O) groups is 1. The minimum Gasteiger partial charge on any atom is -0.507 e. The summed E-state index contributed by atoms with van der Waals surface area (Å²) >= 11 is 0. The van der Waals surface area contributed by atoms with E-state index in [2.05, 4.69) is 0 Å². The van der Waals surface area contributed by atoms with E-state index in [0.717, 1.165) is 0 Å². The van der Waals surface area contributed by atoms with Gasteiger partial charge in [-0.1, -0.05) is 54.6 Å². The van der Waals surface area contributed by atoms with Gasteiger partial charge in [-0.15, -0.1) is 0 Å². The van der Waals surface area contributed by atoms with E-state index in [1.807, 2.05) is 6.07 Å². The van der Waals surface area contributed by atoms with Gasteiger partial charge in [0, 0.05) is 17.9 Å². The largest absolute Gasteiger partial charge is 0.507 e. The molecule has 4 aromatic rings. The van der Waals surface area contributed by atoms with Crippen LogP contribution in [0.3, 0.4) is 0 Å². The van der Waals surface area contributed by atoms with Gasteiger partial charge in [0.05, 0.1) is 18.1 Å². The molecule has 0 aliphatic rings. The van der Waals surface area contributed by atoms with Gasteiger partial charge in [0.2, 0.25) is 0 Å². The second-order valence-corrected chi connectivity index (χ2v) is 6.97. The van der Waals surface area contributed by atoms with Gasteiger partial charge in [-0.25, -0.2) is 4.79 Å². The van der Waals surface area contributed by atoms with Crippen molar-refractivity contribution in [2.24, 2.45) is 0 Å². The fourth-order valence-electron chi connectivity index (χ4n) is 3.63. The van der Waals surface area contributed by atoms with Crippen LogP contribution in [-0.4, -0.2) is 18.0 Å². The van der Waals surface area contributed by atoms with Crippen LogP contribution in [0.5, 0.6) is 11.5 Å². The lowest BCUT2D eigenvalue weighted by Crippen LogP contribution is -2.17. The Morgan fingerprint density at radius 1 is 1.00 bits per heavy atom. The molecule has 0 aliphatic heterocycles. The first-order chi connectivity index (χ1) is 14.6. The SMILES string of the molecule is COc1cccc(C(CC(=O)c2ccccc2)c2c(O)c3ccccc3oc2=O)c1. The van der Waals surface area contributed by atoms with Gasteiger partial charge in [-0.2, -0.15) is 0 Å². The summed E-state index contributed by atoms with van der Waals surface area (Å²) in [6.07, 6.45) is -0.00611. The van der Waals surface area contributed by atoms with Crippen LogP contribution < -0.4 is 10.4 Å². The normalized spacial score (nSPS) is 11.9. The molecule has 5 heteroatoms. The van der Waals surface area contributed by atoms with Crippen molar-refractivity contribution in [1.82, 2.24) is 0 Å². The van der Waals surface area contributed by atoms with Gasteiger partial charge in [0.25, 0.3) is 0 Å². The molecule has 0 spiro atoms. The number of ketones is 1. The van der Waals surface area contributed by atoms with Gasteiger partial charge < -0.3 is 14.3 Å². The van der Waals surface area contributed by atoms with Gasteiger partial charge in [-0.3, -0.25) is 4.79 Å². The third-order valence-corrected chi connectivity index (χ3v) is 5.15. The first-order valence-corrected chi connectivity index (χ1v) is 9.55. The number of hydrogen-bond donors (Lipinski definition) is 1. The number of fused-ring (bicyclic) bond motifs is 1. The van der Waals surface area contributed by atoms with Crippen LogP contribution >= 0.6 is 0 Å². The maximum Gasteiger partial charge on any atom is 0.343 e. The zero-order valence-corrected chi connectivity index (χ0v) is 16.4. The Morgan fingerprint density at radius 3 is 2.50 bits per heavy atom. The highest BCUT2D eigenvalue weighted by molar-refractivity contribution is 5.97. The zero-order chi connectivity index (χ0) is 21.1. The van der Waals surface area contributed by atoms with Crippen molar-refractivity contribution in [2.45, 2.75) is 12.3 Å². The van der Waals surface area contributed by atoms with Crippen molar-refractivity contribution in [3.05, 3.63) is 106 Å². The molecule has 1 atom stereocenters. The van der Waals surface area contributed by atoms with E-state index in [0.29, 0.717) is 27.8 Å². The van der Waals surface area contributed by atoms with Crippen LogP contribution in [0, 0.1) is 0 Å². The second kappa shape index (κ2) is 8.25. The van der Waals surface area contributed by atoms with E-state index in [9.17, 15) is 14.7 Å². The Hall–Kier alpha value is -3.86. The van der Waals surface area contributed by atoms with E-state index >= 15 is 0 Å². The fraction of sp³-hybridized carbons (Fsp3) is 0.120. The number of methoxy groups -OCH3 is 1. The van der Waals surface area contributed by atoms with Crippen molar-refractivity contribution >= 4 is 16.8 Å². The Bertz CT molecular complexity index is 1260. The van der Waals surface area contributed by atoms with Crippen molar-refractivity contribution in [3.8, 4) is 11.5 Å². The van der Waals surface area contributed by atoms with E-state index in [1.54, 1.807) is 79.9 Å². The number of benzene rings is 3. The maximum atomic E-state index is 13.0. The Kier molecular flexibility index (Phi) is 5.35. The lowest BCUT2D eigenvalue weighted by molar-refractivity contribution is 0.0977. The third kappa shape index (κ3) is 3.70. The molecule has 1 unspecified atom stereocenters. The molecule has 0 aliphatic carbocycles. The van der Waals surface area contributed by atoms with Crippen LogP contribution in [0.2, 0.25) is 0 Å². The van der Waals surface area contributed by atoms with E-state index in [1.165, 1.54) is 0 Å². The smallest absolute Gasteiger partial charge is 0.343 e. The number of rotatable bonds is 6. The Morgan fingerprint density at radius 2 is 1.73 bits per heavy atom. The molecule has 1 N–H and O–H groups in total. The molecule has 0 radical (unpaired) electrons. The molecular weight excluding hydrogens is 380 g/mol. The minimum atomic E-state index is -0.700. The Labute approximate surface area is 173 Å². The van der Waals surface area contributed by atoms with Crippen molar-refractivity contribution in [1.29, 1.82) is 0 Å². The summed E-state index contributed by atoms with van der Waals surface area (Å²) in [5.41, 5.74) is 0.903. The topological polar surface area (TPSA) is 76.7 Å². The quantitative estimate of drug-likeness (QED) is 0.367. The summed E-state index contributed by atoms with van der Waals surface area (Å²) in [6, 6.07) is 22.8. The van der Waals surface area contributed by atoms with Crippen molar-refractivity contribution in [3.63, 3.8) is 0 Å². The molecule has 0 saturated heterocycles. The average Bonchev–Trinajstić information content (AvgIpc) is 2.79. The summed E-state index contributed by atoms with van der Waals surface area (Å²) in [5, 5.41) is 11.4. The van der Waals surface area contributed by atoms with E-state index in [4.69, 9.17) is 9.15 Å². The fourth-order valence-corrected chi connectivity index (χ4v) is 3.63. The summed E-state index contributed by atoms with van der Waals surface area (Å²) in [6.45, 7) is 0. The second-order valence-electron chi connectivity index (χ2n) is 6.97. The highest BCUT2D eigenvalue weighted by atomic mass is 16.5. The van der Waals surface area contributed by atoms with Crippen LogP contribution in [0.15, 0.2) is 88.1 Å². The van der Waals surface area contributed by atoms with Gasteiger partial charge in [0.15, 0.2) is 5.78 Å². The summed E-state index contributed by atoms with van der Waals surface area (Å²) in [4.78, 5) is 25.9. The molecule has 3 aromatic carbocycles. The highest BCUT2D eigenvalue weighted by Gasteiger charge is 2.27. The molecule has 5 nitrogen and oxygen atoms in total. The molecule has 0 fully saturated rings. The maximum absolute atomic E-state index is 13.0. The minimum absolute atomic E-state index is 0.00611. The van der Waals surface area contributed by atoms with Gasteiger partial charge in [-0.05, 0) is 29.8 Å². The molecule has 1 heterocycles. The average molecular weight is 400 g/mol. The summed E-state index contributed by atoms with van der Waals surface area (Å²) in [5.74, 6) is -0.422. The predicted octanol–water partition coefficient (Wildman–Crippen LogP) is 4.91. The van der Waals surface area contributed by atoms with Crippen molar-refractivity contribution < 1.29 is 19.1 Å². The molecule has 30 heavy (non-hydrogen) atoms. The lowest BCUT2D eigenvalue weighted by atomic mass is 9.85. The molecule has 1 aromatic heterocycles. The van der Waals surface area contributed by atoms with Gasteiger partial charge in [0.1, 0.15) is 17.1 Å². The molecule has 0 bridgehead atoms. The van der Waals surface area contributed by atoms with E-state index < -0.39 is 11.5 Å². The van der Waals surface area contributed by atoms with Crippen molar-refractivity contribution in [2.75, 3.05) is 7.11 Å². The highest BCUT2D eigenvalue weighted by Crippen LogP contribution is 2.37. The molecule has 4 rings (SSSR count). The Balaban J connectivity index is 1.88. The zero-order valence-electron chi connectivity index (χ0n) is 16.4. The molecule has 0 saturated carbocycles. The number of hydrogen-bond acceptors (Lipinski definition) is 5. The number of carbonyl (C=O) groups excluding carboxylic acids is 1. The van der Waals surface area contributed by atoms with Gasteiger partial charge >= 0.3 is 5.63 Å². The predicted molar refractivity (Wildman–Crippen MR) is 114 cm³/mol. The summed E-state index contributed by atoms with van der Waals surface area (Å²) in [7, 11) is 1.55. The first kappa shape index (κ1) is 19.5. The molecule has 150 valence electrons. The number of aromatic hydroxyl groups is 1. The first-order valence-electron chi connectivity index (χ1n) is 9.55. The standard InChI is InChI=1S/C25H20O5/c1-29-18-11-7-10-17(14-18)20(15-21(26)16-8-3-2-4-9-16)23-24(27)19-12-5-6-13-22(19)30-25(23)28/h2-14,20,27H,15H2,1H3.